The molecule has 108 valence electrons. The lowest BCUT2D eigenvalue weighted by Crippen LogP contribution is -2.32. The molecule has 0 bridgehead atoms. The van der Waals surface area contributed by atoms with E-state index in [0.717, 1.165) is 11.3 Å². The van der Waals surface area contributed by atoms with Crippen LogP contribution in [0.2, 0.25) is 0 Å². The molecule has 0 aliphatic carbocycles. The van der Waals surface area contributed by atoms with Gasteiger partial charge in [-0.1, -0.05) is 6.07 Å². The number of rotatable bonds is 4. The minimum atomic E-state index is -0.0346. The first-order valence-electron chi connectivity index (χ1n) is 6.80. The van der Waals surface area contributed by atoms with Crippen LogP contribution >= 0.6 is 12.2 Å². The van der Waals surface area contributed by atoms with Crippen LogP contribution in [0.1, 0.15) is 23.3 Å². The molecule has 1 fully saturated rings. The Kier molecular flexibility index (Phi) is 4.08. The van der Waals surface area contributed by atoms with E-state index in [2.05, 4.69) is 15.3 Å². The second-order valence-corrected chi connectivity index (χ2v) is 5.21. The molecule has 0 aromatic carbocycles. The van der Waals surface area contributed by atoms with E-state index in [1.165, 1.54) is 0 Å². The molecule has 0 radical (unpaired) electrons. The van der Waals surface area contributed by atoms with Crippen molar-refractivity contribution in [1.82, 2.24) is 20.2 Å². The van der Waals surface area contributed by atoms with Gasteiger partial charge in [0.25, 0.3) is 0 Å². The van der Waals surface area contributed by atoms with Gasteiger partial charge < -0.3 is 15.3 Å². The van der Waals surface area contributed by atoms with E-state index in [4.69, 9.17) is 12.2 Å². The predicted molar refractivity (Wildman–Crippen MR) is 83.5 cm³/mol. The molecule has 1 aliphatic heterocycles. The van der Waals surface area contributed by atoms with Crippen LogP contribution in [0.25, 0.3) is 0 Å². The van der Waals surface area contributed by atoms with E-state index in [1.54, 1.807) is 18.6 Å². The summed E-state index contributed by atoms with van der Waals surface area (Å²) in [6, 6.07) is 9.75. The second-order valence-electron chi connectivity index (χ2n) is 4.82. The van der Waals surface area contributed by atoms with Gasteiger partial charge in [0, 0.05) is 25.1 Å². The number of nitrogens with zero attached hydrogens (tertiary/aromatic N) is 3. The summed E-state index contributed by atoms with van der Waals surface area (Å²) in [6.07, 6.45) is 5.31. The van der Waals surface area contributed by atoms with Crippen LogP contribution < -0.4 is 5.32 Å². The van der Waals surface area contributed by atoms with Crippen molar-refractivity contribution in [3.8, 4) is 0 Å². The standard InChI is InChI=1S/C15H16N4OS/c20-10-9-19-14(11-4-7-16-8-5-11)13(18-15(19)21)12-3-1-2-6-17-12/h1-8,13-14,20H,9-10H2,(H,18,21)/t13-,14-/m1/s1. The van der Waals surface area contributed by atoms with Crippen molar-refractivity contribution >= 4 is 17.3 Å². The zero-order valence-corrected chi connectivity index (χ0v) is 12.2. The van der Waals surface area contributed by atoms with Crippen LogP contribution in [0, 0.1) is 0 Å². The van der Waals surface area contributed by atoms with Gasteiger partial charge in [0.15, 0.2) is 5.11 Å². The van der Waals surface area contributed by atoms with Crippen LogP contribution in [0.5, 0.6) is 0 Å². The molecule has 5 nitrogen and oxygen atoms in total. The molecule has 3 rings (SSSR count). The van der Waals surface area contributed by atoms with Gasteiger partial charge in [0.1, 0.15) is 0 Å². The third-order valence-electron chi connectivity index (χ3n) is 3.59. The summed E-state index contributed by atoms with van der Waals surface area (Å²) in [5.74, 6) is 0. The van der Waals surface area contributed by atoms with Crippen LogP contribution in [0.15, 0.2) is 48.9 Å². The van der Waals surface area contributed by atoms with Gasteiger partial charge in [-0.15, -0.1) is 0 Å². The third kappa shape index (κ3) is 2.72. The van der Waals surface area contributed by atoms with E-state index < -0.39 is 0 Å². The van der Waals surface area contributed by atoms with Crippen molar-refractivity contribution in [3.05, 3.63) is 60.2 Å². The predicted octanol–water partition coefficient (Wildman–Crippen LogP) is 1.44. The topological polar surface area (TPSA) is 61.3 Å². The molecular weight excluding hydrogens is 284 g/mol. The minimum Gasteiger partial charge on any atom is -0.395 e. The Bertz CT molecular complexity index is 608. The highest BCUT2D eigenvalue weighted by Crippen LogP contribution is 2.37. The van der Waals surface area contributed by atoms with Gasteiger partial charge >= 0.3 is 0 Å². The van der Waals surface area contributed by atoms with Gasteiger partial charge in [-0.3, -0.25) is 9.97 Å². The number of hydrogen-bond acceptors (Lipinski definition) is 4. The first-order chi connectivity index (χ1) is 10.3. The molecule has 0 saturated carbocycles. The summed E-state index contributed by atoms with van der Waals surface area (Å²) in [7, 11) is 0. The smallest absolute Gasteiger partial charge is 0.170 e. The van der Waals surface area contributed by atoms with Crippen molar-refractivity contribution in [2.45, 2.75) is 12.1 Å². The summed E-state index contributed by atoms with van der Waals surface area (Å²) < 4.78 is 0. The fraction of sp³-hybridized carbons (Fsp3) is 0.267. The number of hydrogen-bond donors (Lipinski definition) is 2. The Morgan fingerprint density at radius 2 is 2.00 bits per heavy atom. The Balaban J connectivity index is 2.01. The van der Waals surface area contributed by atoms with Gasteiger partial charge in [-0.05, 0) is 42.0 Å². The first-order valence-corrected chi connectivity index (χ1v) is 7.21. The molecule has 2 aromatic rings. The molecule has 21 heavy (non-hydrogen) atoms. The molecular formula is C15H16N4OS. The first kappa shape index (κ1) is 13.9. The molecule has 2 N–H and O–H groups in total. The molecule has 1 saturated heterocycles. The zero-order valence-electron chi connectivity index (χ0n) is 11.4. The zero-order chi connectivity index (χ0) is 14.7. The molecule has 3 heterocycles. The van der Waals surface area contributed by atoms with Crippen molar-refractivity contribution in [2.24, 2.45) is 0 Å². The van der Waals surface area contributed by atoms with Crippen LogP contribution in [0.4, 0.5) is 0 Å². The normalized spacial score (nSPS) is 21.4. The SMILES string of the molecule is OCCN1C(=S)N[C@H](c2ccccn2)[C@H]1c1ccncc1. The Morgan fingerprint density at radius 1 is 1.19 bits per heavy atom. The fourth-order valence-corrected chi connectivity index (χ4v) is 3.01. The molecule has 6 heteroatoms. The highest BCUT2D eigenvalue weighted by molar-refractivity contribution is 7.80. The number of β-amino-alcohol motifs (C(OH)–C–C–N with tert-alkyl or cyclic N) is 1. The van der Waals surface area contributed by atoms with Crippen LogP contribution in [0.3, 0.4) is 0 Å². The van der Waals surface area contributed by atoms with Gasteiger partial charge in [-0.2, -0.15) is 0 Å². The molecule has 2 atom stereocenters. The van der Waals surface area contributed by atoms with Gasteiger partial charge in [0.05, 0.1) is 24.4 Å². The fourth-order valence-electron chi connectivity index (χ4n) is 2.68. The highest BCUT2D eigenvalue weighted by atomic mass is 32.1. The van der Waals surface area contributed by atoms with Crippen molar-refractivity contribution in [3.63, 3.8) is 0 Å². The van der Waals surface area contributed by atoms with E-state index in [0.29, 0.717) is 11.7 Å². The maximum atomic E-state index is 9.31. The maximum Gasteiger partial charge on any atom is 0.170 e. The molecule has 1 aliphatic rings. The monoisotopic (exact) mass is 300 g/mol. The number of aliphatic hydroxyl groups is 1. The number of aliphatic hydroxyl groups excluding tert-OH is 1. The number of nitrogens with one attached hydrogen (secondary N) is 1. The molecule has 0 spiro atoms. The summed E-state index contributed by atoms with van der Waals surface area (Å²) in [5.41, 5.74) is 2.03. The van der Waals surface area contributed by atoms with E-state index >= 15 is 0 Å². The minimum absolute atomic E-state index is 0.00236. The number of thiocarbonyl (C=S) groups is 1. The molecule has 0 amide bonds. The lowest BCUT2D eigenvalue weighted by atomic mass is 9.98. The molecule has 0 unspecified atom stereocenters. The lowest BCUT2D eigenvalue weighted by Gasteiger charge is -2.27. The molecule has 2 aromatic heterocycles. The Labute approximate surface area is 128 Å². The van der Waals surface area contributed by atoms with Crippen LogP contribution in [-0.4, -0.2) is 38.2 Å². The van der Waals surface area contributed by atoms with E-state index in [9.17, 15) is 5.11 Å². The van der Waals surface area contributed by atoms with Crippen molar-refractivity contribution in [1.29, 1.82) is 0 Å². The summed E-state index contributed by atoms with van der Waals surface area (Å²) in [4.78, 5) is 10.5. The summed E-state index contributed by atoms with van der Waals surface area (Å²) >= 11 is 5.42. The van der Waals surface area contributed by atoms with E-state index in [1.807, 2.05) is 35.2 Å². The second kappa shape index (κ2) is 6.15. The van der Waals surface area contributed by atoms with Crippen molar-refractivity contribution in [2.75, 3.05) is 13.2 Å². The number of pyridine rings is 2. The Hall–Kier alpha value is -2.05. The maximum absolute atomic E-state index is 9.31. The quantitative estimate of drug-likeness (QED) is 0.833. The van der Waals surface area contributed by atoms with Gasteiger partial charge in [-0.25, -0.2) is 0 Å². The Morgan fingerprint density at radius 3 is 2.67 bits per heavy atom. The average Bonchev–Trinajstić information content (AvgIpc) is 2.86. The van der Waals surface area contributed by atoms with Crippen molar-refractivity contribution < 1.29 is 5.11 Å². The average molecular weight is 300 g/mol. The van der Waals surface area contributed by atoms with E-state index in [-0.39, 0.29) is 18.7 Å². The third-order valence-corrected chi connectivity index (χ3v) is 3.94. The lowest BCUT2D eigenvalue weighted by molar-refractivity contribution is 0.223. The number of aromatic nitrogens is 2. The van der Waals surface area contributed by atoms with Gasteiger partial charge in [0.2, 0.25) is 0 Å². The summed E-state index contributed by atoms with van der Waals surface area (Å²) in [5, 5.41) is 13.3. The van der Waals surface area contributed by atoms with Crippen LogP contribution in [-0.2, 0) is 0 Å². The largest absolute Gasteiger partial charge is 0.395 e. The summed E-state index contributed by atoms with van der Waals surface area (Å²) in [6.45, 7) is 0.542. The highest BCUT2D eigenvalue weighted by Gasteiger charge is 2.39.